The summed E-state index contributed by atoms with van der Waals surface area (Å²) < 4.78 is 23.7. The smallest absolute Gasteiger partial charge is 0.387 e. The number of aliphatic hydroxyl groups is 1. The lowest BCUT2D eigenvalue weighted by Crippen LogP contribution is -2.45. The Balaban J connectivity index is 3.88. The van der Waals surface area contributed by atoms with Gasteiger partial charge in [0.05, 0.1) is 39.9 Å². The number of phosphoric acid groups is 1. The van der Waals surface area contributed by atoms with E-state index in [1.807, 2.05) is 27.2 Å². The van der Waals surface area contributed by atoms with Crippen LogP contribution in [0.25, 0.3) is 0 Å². The zero-order valence-corrected chi connectivity index (χ0v) is 51.0. The Bertz CT molecular complexity index is 1300. The van der Waals surface area contributed by atoms with Crippen molar-refractivity contribution in [3.63, 3.8) is 0 Å². The molecule has 438 valence electrons. The van der Waals surface area contributed by atoms with Gasteiger partial charge in [-0.25, -0.2) is 4.57 Å². The summed E-state index contributed by atoms with van der Waals surface area (Å²) in [7, 11) is 1.56. The molecule has 0 saturated heterocycles. The zero-order chi connectivity index (χ0) is 54.2. The van der Waals surface area contributed by atoms with Gasteiger partial charge in [-0.15, -0.1) is 0 Å². The predicted octanol–water partition coefficient (Wildman–Crippen LogP) is 20.1. The molecule has 0 rings (SSSR count). The van der Waals surface area contributed by atoms with Crippen molar-refractivity contribution in [2.24, 2.45) is 0 Å². The number of carbonyl (C=O) groups excluding carboxylic acids is 1. The molecule has 0 heterocycles. The van der Waals surface area contributed by atoms with Gasteiger partial charge in [0.2, 0.25) is 5.91 Å². The summed E-state index contributed by atoms with van der Waals surface area (Å²) in [5, 5.41) is 13.9. The molecule has 0 bridgehead atoms. The Morgan fingerprint density at radius 1 is 0.446 bits per heavy atom. The average Bonchev–Trinajstić information content (AvgIpc) is 3.36. The van der Waals surface area contributed by atoms with E-state index in [0.29, 0.717) is 17.4 Å². The molecule has 3 unspecified atom stereocenters. The maximum atomic E-state index is 13.0. The Hall–Kier alpha value is -1.28. The van der Waals surface area contributed by atoms with E-state index >= 15 is 0 Å². The van der Waals surface area contributed by atoms with Crippen LogP contribution in [0.2, 0.25) is 0 Å². The van der Waals surface area contributed by atoms with Crippen molar-refractivity contribution in [3.8, 4) is 0 Å². The summed E-state index contributed by atoms with van der Waals surface area (Å²) in [5.74, 6) is -0.183. The summed E-state index contributed by atoms with van der Waals surface area (Å²) >= 11 is 0. The number of carbonyl (C=O) groups is 1. The molecule has 0 aliphatic carbocycles. The van der Waals surface area contributed by atoms with Gasteiger partial charge in [0.1, 0.15) is 13.2 Å². The highest BCUT2D eigenvalue weighted by Crippen LogP contribution is 2.43. The fraction of sp³-hybridized carbons (Fsp3) is 0.892. The van der Waals surface area contributed by atoms with Crippen molar-refractivity contribution in [1.82, 2.24) is 5.32 Å². The second-order valence-electron chi connectivity index (χ2n) is 23.5. The maximum Gasteiger partial charge on any atom is 0.472 e. The number of amides is 1. The van der Waals surface area contributed by atoms with Crippen LogP contribution in [-0.2, 0) is 18.4 Å². The molecule has 0 aromatic heterocycles. The largest absolute Gasteiger partial charge is 0.472 e. The molecular formula is C65H128N2O6P+. The average molecular weight is 1060 g/mol. The normalized spacial score (nSPS) is 14.0. The molecule has 3 N–H and O–H groups in total. The number of hydrogen-bond acceptors (Lipinski definition) is 5. The molecule has 0 saturated carbocycles. The van der Waals surface area contributed by atoms with Crippen LogP contribution in [0, 0.1) is 0 Å². The Kier molecular flexibility index (Phi) is 55.5. The van der Waals surface area contributed by atoms with Gasteiger partial charge < -0.3 is 19.8 Å². The van der Waals surface area contributed by atoms with Crippen molar-refractivity contribution in [2.45, 2.75) is 334 Å². The lowest BCUT2D eigenvalue weighted by Gasteiger charge is -2.25. The molecule has 0 aliphatic heterocycles. The second-order valence-corrected chi connectivity index (χ2v) is 24.9. The fourth-order valence-corrected chi connectivity index (χ4v) is 10.5. The maximum absolute atomic E-state index is 13.0. The van der Waals surface area contributed by atoms with Gasteiger partial charge in [-0.3, -0.25) is 13.8 Å². The Labute approximate surface area is 461 Å². The number of nitrogens with one attached hydrogen (secondary N) is 1. The molecule has 74 heavy (non-hydrogen) atoms. The molecule has 0 aromatic rings. The highest BCUT2D eigenvalue weighted by molar-refractivity contribution is 7.47. The van der Waals surface area contributed by atoms with E-state index in [-0.39, 0.29) is 19.1 Å². The van der Waals surface area contributed by atoms with E-state index < -0.39 is 20.0 Å². The molecular weight excluding hydrogens is 936 g/mol. The summed E-state index contributed by atoms with van der Waals surface area (Å²) in [5.41, 5.74) is 0. The second kappa shape index (κ2) is 56.4. The number of hydrogen-bond donors (Lipinski definition) is 3. The molecule has 8 nitrogen and oxygen atoms in total. The first-order chi connectivity index (χ1) is 36.0. The number of likely N-dealkylation sites (N-methyl/N-ethyl adjacent to an activating group) is 1. The van der Waals surface area contributed by atoms with Crippen molar-refractivity contribution in [2.75, 3.05) is 40.9 Å². The molecule has 0 aromatic carbocycles. The summed E-state index contributed by atoms with van der Waals surface area (Å²) in [6, 6.07) is -0.861. The number of unbranched alkanes of at least 4 members (excludes halogenated alkanes) is 43. The number of aliphatic hydroxyl groups excluding tert-OH is 1. The highest BCUT2D eigenvalue weighted by atomic mass is 31.2. The Morgan fingerprint density at radius 2 is 0.743 bits per heavy atom. The van der Waals surface area contributed by atoms with E-state index in [9.17, 15) is 19.4 Å². The monoisotopic (exact) mass is 1060 g/mol. The van der Waals surface area contributed by atoms with Crippen LogP contribution >= 0.6 is 7.82 Å². The van der Waals surface area contributed by atoms with Gasteiger partial charge in [-0.2, -0.15) is 0 Å². The van der Waals surface area contributed by atoms with Crippen LogP contribution in [0.5, 0.6) is 0 Å². The summed E-state index contributed by atoms with van der Waals surface area (Å²) in [4.78, 5) is 23.3. The van der Waals surface area contributed by atoms with E-state index in [4.69, 9.17) is 9.05 Å². The van der Waals surface area contributed by atoms with Crippen molar-refractivity contribution in [3.05, 3.63) is 36.5 Å². The molecule has 0 fully saturated rings. The van der Waals surface area contributed by atoms with E-state index in [2.05, 4.69) is 43.5 Å². The minimum Gasteiger partial charge on any atom is -0.387 e. The molecule has 0 radical (unpaired) electrons. The first-order valence-corrected chi connectivity index (χ1v) is 33.9. The lowest BCUT2D eigenvalue weighted by molar-refractivity contribution is -0.870. The predicted molar refractivity (Wildman–Crippen MR) is 323 cm³/mol. The van der Waals surface area contributed by atoms with Crippen molar-refractivity contribution >= 4 is 13.7 Å². The van der Waals surface area contributed by atoms with Gasteiger partial charge in [-0.05, 0) is 57.8 Å². The lowest BCUT2D eigenvalue weighted by atomic mass is 10.0. The molecule has 0 spiro atoms. The minimum atomic E-state index is -4.35. The van der Waals surface area contributed by atoms with E-state index in [1.165, 1.54) is 263 Å². The number of rotatable bonds is 60. The molecule has 9 heteroatoms. The molecule has 3 atom stereocenters. The molecule has 0 aliphatic rings. The van der Waals surface area contributed by atoms with Crippen molar-refractivity contribution < 1.29 is 32.9 Å². The van der Waals surface area contributed by atoms with Crippen LogP contribution in [-0.4, -0.2) is 73.4 Å². The van der Waals surface area contributed by atoms with Gasteiger partial charge >= 0.3 is 7.82 Å². The van der Waals surface area contributed by atoms with Crippen LogP contribution in [0.1, 0.15) is 322 Å². The zero-order valence-electron chi connectivity index (χ0n) is 50.1. The summed E-state index contributed by atoms with van der Waals surface area (Å²) in [6.07, 6.45) is 74.5. The fourth-order valence-electron chi connectivity index (χ4n) is 9.76. The Morgan fingerprint density at radius 3 is 1.08 bits per heavy atom. The quantitative estimate of drug-likeness (QED) is 0.0243. The van der Waals surface area contributed by atoms with Crippen LogP contribution in [0.3, 0.4) is 0 Å². The van der Waals surface area contributed by atoms with E-state index in [0.717, 1.165) is 38.5 Å². The third-order valence-corrected chi connectivity index (χ3v) is 15.8. The highest BCUT2D eigenvalue weighted by Gasteiger charge is 2.27. The van der Waals surface area contributed by atoms with Gasteiger partial charge in [0, 0.05) is 6.42 Å². The third kappa shape index (κ3) is 58.4. The van der Waals surface area contributed by atoms with Crippen molar-refractivity contribution in [1.29, 1.82) is 0 Å². The van der Waals surface area contributed by atoms with Gasteiger partial charge in [0.15, 0.2) is 0 Å². The third-order valence-electron chi connectivity index (χ3n) is 14.8. The van der Waals surface area contributed by atoms with Crippen LogP contribution in [0.4, 0.5) is 0 Å². The minimum absolute atomic E-state index is 0.0573. The van der Waals surface area contributed by atoms with Gasteiger partial charge in [0.25, 0.3) is 0 Å². The van der Waals surface area contributed by atoms with E-state index in [1.54, 1.807) is 6.08 Å². The standard InChI is InChI=1S/C65H127N2O6P/c1-6-8-10-12-14-16-18-20-21-22-23-24-25-26-27-28-29-30-31-32-33-34-35-36-37-38-39-40-41-42-43-44-45-47-49-51-53-55-57-59-65(69)66-63(62-73-74(70,71)72-61-60-67(3,4)5)64(68)58-56-54-52-50-48-46-19-17-15-13-11-9-7-2/h32-33,48,50,56,58,63-64,68H,6-31,34-47,49,51-55,57,59-62H2,1-5H3,(H-,66,69,70,71)/p+1/b33-32-,50-48+,58-56+. The number of phosphoric ester groups is 1. The first kappa shape index (κ1) is 72.7. The van der Waals surface area contributed by atoms with Crippen LogP contribution in [0.15, 0.2) is 36.5 Å². The summed E-state index contributed by atoms with van der Waals surface area (Å²) in [6.45, 7) is 4.82. The van der Waals surface area contributed by atoms with Crippen LogP contribution < -0.4 is 5.32 Å². The number of quaternary nitrogens is 1. The number of allylic oxidation sites excluding steroid dienone is 5. The first-order valence-electron chi connectivity index (χ1n) is 32.4. The topological polar surface area (TPSA) is 105 Å². The molecule has 1 amide bonds. The SMILES string of the molecule is CCCCCCCCC/C=C/CC/C=C/C(O)C(COP(=O)(O)OCC[N+](C)(C)C)NC(=O)CCCCCCCCCCCCCCCCCCC/C=C\CCCCCCCCCCCCCCCCCCCC. The number of nitrogens with zero attached hydrogens (tertiary/aromatic N) is 1. The van der Waals surface area contributed by atoms with Gasteiger partial charge in [-0.1, -0.05) is 294 Å².